The number of rotatable bonds is 6. The molecule has 0 spiro atoms. The number of benzene rings is 2. The van der Waals surface area contributed by atoms with E-state index in [0.29, 0.717) is 35.7 Å². The molecule has 4 aromatic rings. The molecule has 0 atom stereocenters. The van der Waals surface area contributed by atoms with Gasteiger partial charge in [-0.15, -0.1) is 0 Å². The highest BCUT2D eigenvalue weighted by Crippen LogP contribution is 2.25. The third-order valence-electron chi connectivity index (χ3n) is 4.71. The fraction of sp³-hybridized carbons (Fsp3) is 0.125. The number of furan rings is 1. The molecule has 150 valence electrons. The van der Waals surface area contributed by atoms with Gasteiger partial charge in [-0.05, 0) is 48.9 Å². The van der Waals surface area contributed by atoms with Gasteiger partial charge in [-0.2, -0.15) is 0 Å². The number of nitrogens with one attached hydrogen (secondary N) is 2. The molecule has 0 saturated heterocycles. The number of nitrogens with zero attached hydrogens (tertiary/aromatic N) is 1. The summed E-state index contributed by atoms with van der Waals surface area (Å²) in [5.41, 5.74) is 3.25. The number of amides is 2. The van der Waals surface area contributed by atoms with Crippen LogP contribution in [0.1, 0.15) is 33.2 Å². The molecule has 30 heavy (non-hydrogen) atoms. The SMILES string of the molecule is CCNC(=O)c1cccc(CNC(=O)c2cc(-c3ccco3)nc3ccccc23)c1. The molecule has 2 aromatic carbocycles. The van der Waals surface area contributed by atoms with Crippen LogP contribution in [0.3, 0.4) is 0 Å². The van der Waals surface area contributed by atoms with Crippen molar-refractivity contribution in [2.24, 2.45) is 0 Å². The topological polar surface area (TPSA) is 84.2 Å². The van der Waals surface area contributed by atoms with Crippen molar-refractivity contribution >= 4 is 22.7 Å². The van der Waals surface area contributed by atoms with Gasteiger partial charge in [-0.1, -0.05) is 30.3 Å². The first-order valence-corrected chi connectivity index (χ1v) is 9.74. The van der Waals surface area contributed by atoms with Crippen LogP contribution in [-0.2, 0) is 6.54 Å². The summed E-state index contributed by atoms with van der Waals surface area (Å²) >= 11 is 0. The highest BCUT2D eigenvalue weighted by Gasteiger charge is 2.15. The molecule has 0 saturated carbocycles. The quantitative estimate of drug-likeness (QED) is 0.510. The monoisotopic (exact) mass is 399 g/mol. The normalized spacial score (nSPS) is 10.7. The molecule has 6 heteroatoms. The van der Waals surface area contributed by atoms with Crippen molar-refractivity contribution in [2.75, 3.05) is 6.54 Å². The molecule has 0 fully saturated rings. The summed E-state index contributed by atoms with van der Waals surface area (Å²) in [6.45, 7) is 2.74. The molecule has 0 bridgehead atoms. The Bertz CT molecular complexity index is 1200. The van der Waals surface area contributed by atoms with E-state index < -0.39 is 0 Å². The second-order valence-electron chi connectivity index (χ2n) is 6.79. The summed E-state index contributed by atoms with van der Waals surface area (Å²) in [6.07, 6.45) is 1.58. The molecule has 2 N–H and O–H groups in total. The van der Waals surface area contributed by atoms with E-state index in [1.807, 2.05) is 49.4 Å². The van der Waals surface area contributed by atoms with Crippen LogP contribution < -0.4 is 10.6 Å². The predicted molar refractivity (Wildman–Crippen MR) is 115 cm³/mol. The average Bonchev–Trinajstić information content (AvgIpc) is 3.32. The van der Waals surface area contributed by atoms with Crippen molar-refractivity contribution < 1.29 is 14.0 Å². The lowest BCUT2D eigenvalue weighted by Gasteiger charge is -2.10. The summed E-state index contributed by atoms with van der Waals surface area (Å²) in [5.74, 6) is 0.253. The van der Waals surface area contributed by atoms with Crippen LogP contribution in [0.4, 0.5) is 0 Å². The molecule has 0 aliphatic rings. The van der Waals surface area contributed by atoms with Crippen molar-refractivity contribution in [3.63, 3.8) is 0 Å². The highest BCUT2D eigenvalue weighted by atomic mass is 16.3. The second-order valence-corrected chi connectivity index (χ2v) is 6.79. The molecular weight excluding hydrogens is 378 g/mol. The first-order chi connectivity index (χ1) is 14.7. The number of fused-ring (bicyclic) bond motifs is 1. The number of hydrogen-bond acceptors (Lipinski definition) is 4. The maximum atomic E-state index is 13.0. The van der Waals surface area contributed by atoms with Gasteiger partial charge in [0.05, 0.1) is 17.3 Å². The van der Waals surface area contributed by atoms with Crippen molar-refractivity contribution in [3.05, 3.63) is 89.7 Å². The van der Waals surface area contributed by atoms with Gasteiger partial charge in [-0.25, -0.2) is 4.98 Å². The summed E-state index contributed by atoms with van der Waals surface area (Å²) in [6, 6.07) is 20.1. The zero-order valence-electron chi connectivity index (χ0n) is 16.5. The van der Waals surface area contributed by atoms with E-state index in [2.05, 4.69) is 15.6 Å². The van der Waals surface area contributed by atoms with Gasteiger partial charge in [0.1, 0.15) is 5.69 Å². The Labute approximate surface area is 173 Å². The number of hydrogen-bond donors (Lipinski definition) is 2. The van der Waals surface area contributed by atoms with Gasteiger partial charge in [-0.3, -0.25) is 9.59 Å². The van der Waals surface area contributed by atoms with Crippen molar-refractivity contribution in [1.29, 1.82) is 0 Å². The molecule has 6 nitrogen and oxygen atoms in total. The van der Waals surface area contributed by atoms with Gasteiger partial charge in [0.2, 0.25) is 0 Å². The Balaban J connectivity index is 1.59. The van der Waals surface area contributed by atoms with Crippen LogP contribution in [-0.4, -0.2) is 23.3 Å². The van der Waals surface area contributed by atoms with E-state index >= 15 is 0 Å². The maximum absolute atomic E-state index is 13.0. The second kappa shape index (κ2) is 8.61. The van der Waals surface area contributed by atoms with E-state index in [1.165, 1.54) is 0 Å². The van der Waals surface area contributed by atoms with Crippen molar-refractivity contribution in [3.8, 4) is 11.5 Å². The zero-order chi connectivity index (χ0) is 20.9. The number of carbonyl (C=O) groups excluding carboxylic acids is 2. The van der Waals surface area contributed by atoms with Crippen LogP contribution >= 0.6 is 0 Å². The van der Waals surface area contributed by atoms with Crippen LogP contribution in [0.25, 0.3) is 22.4 Å². The van der Waals surface area contributed by atoms with E-state index in [-0.39, 0.29) is 11.8 Å². The third-order valence-corrected chi connectivity index (χ3v) is 4.71. The van der Waals surface area contributed by atoms with Gasteiger partial charge < -0.3 is 15.1 Å². The van der Waals surface area contributed by atoms with Crippen LogP contribution in [0.5, 0.6) is 0 Å². The van der Waals surface area contributed by atoms with E-state index in [1.54, 1.807) is 30.5 Å². The summed E-state index contributed by atoms with van der Waals surface area (Å²) in [7, 11) is 0. The fourth-order valence-electron chi connectivity index (χ4n) is 3.28. The molecule has 4 rings (SSSR count). The molecule has 2 aromatic heterocycles. The molecule has 0 aliphatic heterocycles. The minimum absolute atomic E-state index is 0.131. The Hall–Kier alpha value is -3.93. The van der Waals surface area contributed by atoms with Crippen molar-refractivity contribution in [1.82, 2.24) is 15.6 Å². The minimum Gasteiger partial charge on any atom is -0.463 e. The Morgan fingerprint density at radius 3 is 2.60 bits per heavy atom. The fourth-order valence-corrected chi connectivity index (χ4v) is 3.28. The molecular formula is C24H21N3O3. The largest absolute Gasteiger partial charge is 0.463 e. The smallest absolute Gasteiger partial charge is 0.252 e. The standard InChI is InChI=1S/C24H21N3O3/c1-2-25-23(28)17-8-5-7-16(13-17)15-26-24(29)19-14-21(22-11-6-12-30-22)27-20-10-4-3-9-18(19)20/h3-14H,2,15H2,1H3,(H,25,28)(H,26,29). The maximum Gasteiger partial charge on any atom is 0.252 e. The summed E-state index contributed by atoms with van der Waals surface area (Å²) < 4.78 is 5.46. The third kappa shape index (κ3) is 4.07. The molecule has 0 aliphatic carbocycles. The number of aromatic nitrogens is 1. The van der Waals surface area contributed by atoms with Crippen molar-refractivity contribution in [2.45, 2.75) is 13.5 Å². The predicted octanol–water partition coefficient (Wildman–Crippen LogP) is 4.17. The highest BCUT2D eigenvalue weighted by molar-refractivity contribution is 6.07. The molecule has 0 unspecified atom stereocenters. The minimum atomic E-state index is -0.218. The van der Waals surface area contributed by atoms with Crippen LogP contribution in [0.2, 0.25) is 0 Å². The van der Waals surface area contributed by atoms with Gasteiger partial charge >= 0.3 is 0 Å². The van der Waals surface area contributed by atoms with Gasteiger partial charge in [0.15, 0.2) is 5.76 Å². The Morgan fingerprint density at radius 1 is 0.933 bits per heavy atom. The molecule has 2 amide bonds. The zero-order valence-corrected chi connectivity index (χ0v) is 16.5. The average molecular weight is 399 g/mol. The number of pyridine rings is 1. The van der Waals surface area contributed by atoms with E-state index in [9.17, 15) is 9.59 Å². The Morgan fingerprint density at radius 2 is 1.80 bits per heavy atom. The number of carbonyl (C=O) groups is 2. The summed E-state index contributed by atoms with van der Waals surface area (Å²) in [4.78, 5) is 29.7. The lowest BCUT2D eigenvalue weighted by Crippen LogP contribution is -2.24. The Kier molecular flexibility index (Phi) is 5.57. The van der Waals surface area contributed by atoms with E-state index in [0.717, 1.165) is 16.5 Å². The van der Waals surface area contributed by atoms with Crippen LogP contribution in [0.15, 0.2) is 77.4 Å². The lowest BCUT2D eigenvalue weighted by atomic mass is 10.1. The molecule has 2 heterocycles. The van der Waals surface area contributed by atoms with E-state index in [4.69, 9.17) is 4.42 Å². The van der Waals surface area contributed by atoms with Gasteiger partial charge in [0, 0.05) is 24.0 Å². The van der Waals surface area contributed by atoms with Gasteiger partial charge in [0.25, 0.3) is 11.8 Å². The van der Waals surface area contributed by atoms with Crippen LogP contribution in [0, 0.1) is 0 Å². The summed E-state index contributed by atoms with van der Waals surface area (Å²) in [5, 5.41) is 6.49. The molecule has 0 radical (unpaired) electrons. The number of para-hydroxylation sites is 1. The first kappa shape index (κ1) is 19.4. The first-order valence-electron chi connectivity index (χ1n) is 9.74. The lowest BCUT2D eigenvalue weighted by molar-refractivity contribution is 0.0948.